The Hall–Kier alpha value is -3.71. The molecule has 0 radical (unpaired) electrons. The van der Waals surface area contributed by atoms with Crippen molar-refractivity contribution in [2.75, 3.05) is 0 Å². The summed E-state index contributed by atoms with van der Waals surface area (Å²) in [6.45, 7) is 0.0600. The molecule has 0 unspecified atom stereocenters. The van der Waals surface area contributed by atoms with Gasteiger partial charge in [0.2, 0.25) is 0 Å². The zero-order valence-corrected chi connectivity index (χ0v) is 17.1. The SMILES string of the molecule is O=C1NC(=NC(=O)c2ccccc2)S/C1=C\c1ccccc1OCc1ccccc1F. The van der Waals surface area contributed by atoms with Crippen LogP contribution in [0.1, 0.15) is 21.5 Å². The van der Waals surface area contributed by atoms with Gasteiger partial charge in [-0.15, -0.1) is 0 Å². The van der Waals surface area contributed by atoms with Crippen LogP contribution in [0.4, 0.5) is 4.39 Å². The van der Waals surface area contributed by atoms with Crippen molar-refractivity contribution in [3.8, 4) is 5.75 Å². The van der Waals surface area contributed by atoms with Crippen LogP contribution in [-0.2, 0) is 11.4 Å². The van der Waals surface area contributed by atoms with E-state index in [1.807, 2.05) is 12.1 Å². The number of carbonyl (C=O) groups excluding carboxylic acids is 2. The molecule has 1 aliphatic rings. The minimum Gasteiger partial charge on any atom is -0.488 e. The van der Waals surface area contributed by atoms with E-state index in [1.165, 1.54) is 6.07 Å². The molecule has 0 aromatic heterocycles. The zero-order chi connectivity index (χ0) is 21.6. The van der Waals surface area contributed by atoms with E-state index in [0.717, 1.165) is 11.8 Å². The van der Waals surface area contributed by atoms with Crippen molar-refractivity contribution in [2.24, 2.45) is 4.99 Å². The van der Waals surface area contributed by atoms with Crippen molar-refractivity contribution in [2.45, 2.75) is 6.61 Å². The predicted molar refractivity (Wildman–Crippen MR) is 119 cm³/mol. The number of nitrogens with zero attached hydrogens (tertiary/aromatic N) is 1. The highest BCUT2D eigenvalue weighted by Crippen LogP contribution is 2.30. The third-order valence-electron chi connectivity index (χ3n) is 4.42. The number of benzene rings is 3. The number of hydrogen-bond donors (Lipinski definition) is 1. The summed E-state index contributed by atoms with van der Waals surface area (Å²) in [6, 6.07) is 22.2. The number of amides is 2. The van der Waals surface area contributed by atoms with Gasteiger partial charge >= 0.3 is 0 Å². The summed E-state index contributed by atoms with van der Waals surface area (Å²) in [7, 11) is 0. The first-order valence-electron chi connectivity index (χ1n) is 9.44. The fourth-order valence-electron chi connectivity index (χ4n) is 2.86. The molecule has 4 rings (SSSR count). The lowest BCUT2D eigenvalue weighted by Crippen LogP contribution is -2.20. The van der Waals surface area contributed by atoms with E-state index in [0.29, 0.717) is 27.3 Å². The summed E-state index contributed by atoms with van der Waals surface area (Å²) in [5.41, 5.74) is 1.54. The van der Waals surface area contributed by atoms with Crippen molar-refractivity contribution in [1.29, 1.82) is 0 Å². The number of aliphatic imine (C=N–C) groups is 1. The topological polar surface area (TPSA) is 67.8 Å². The Balaban J connectivity index is 1.51. The fourth-order valence-corrected chi connectivity index (χ4v) is 3.67. The maximum Gasteiger partial charge on any atom is 0.279 e. The molecule has 0 bridgehead atoms. The van der Waals surface area contributed by atoms with E-state index in [2.05, 4.69) is 10.3 Å². The second-order valence-corrected chi connectivity index (χ2v) is 7.60. The molecule has 2 amide bonds. The van der Waals surface area contributed by atoms with E-state index < -0.39 is 5.91 Å². The summed E-state index contributed by atoms with van der Waals surface area (Å²) >= 11 is 1.08. The fraction of sp³-hybridized carbons (Fsp3) is 0.0417. The molecule has 31 heavy (non-hydrogen) atoms. The van der Waals surface area contributed by atoms with E-state index in [1.54, 1.807) is 66.7 Å². The van der Waals surface area contributed by atoms with Gasteiger partial charge in [0, 0.05) is 16.7 Å². The Morgan fingerprint density at radius 3 is 2.52 bits per heavy atom. The summed E-state index contributed by atoms with van der Waals surface area (Å²) < 4.78 is 19.6. The van der Waals surface area contributed by atoms with Crippen LogP contribution in [0.2, 0.25) is 0 Å². The number of nitrogens with one attached hydrogen (secondary N) is 1. The van der Waals surface area contributed by atoms with Crippen LogP contribution < -0.4 is 10.1 Å². The van der Waals surface area contributed by atoms with Gasteiger partial charge in [0.15, 0.2) is 5.17 Å². The molecule has 0 saturated carbocycles. The van der Waals surface area contributed by atoms with Crippen LogP contribution in [0, 0.1) is 5.82 Å². The molecule has 3 aromatic carbocycles. The lowest BCUT2D eigenvalue weighted by molar-refractivity contribution is -0.115. The minimum atomic E-state index is -0.432. The first-order chi connectivity index (χ1) is 15.1. The smallest absolute Gasteiger partial charge is 0.279 e. The molecule has 3 aromatic rings. The van der Waals surface area contributed by atoms with Gasteiger partial charge in [-0.3, -0.25) is 9.59 Å². The molecule has 7 heteroatoms. The Kier molecular flexibility index (Phi) is 6.24. The van der Waals surface area contributed by atoms with Gasteiger partial charge < -0.3 is 10.1 Å². The van der Waals surface area contributed by atoms with Gasteiger partial charge in [-0.25, -0.2) is 4.39 Å². The van der Waals surface area contributed by atoms with E-state index in [4.69, 9.17) is 4.74 Å². The maximum absolute atomic E-state index is 13.9. The van der Waals surface area contributed by atoms with Crippen molar-refractivity contribution in [3.05, 3.63) is 106 Å². The quantitative estimate of drug-likeness (QED) is 0.588. The van der Waals surface area contributed by atoms with Crippen molar-refractivity contribution >= 4 is 34.8 Å². The van der Waals surface area contributed by atoms with Crippen molar-refractivity contribution in [1.82, 2.24) is 5.32 Å². The highest BCUT2D eigenvalue weighted by Gasteiger charge is 2.25. The van der Waals surface area contributed by atoms with Gasteiger partial charge in [-0.2, -0.15) is 4.99 Å². The molecule has 0 aliphatic carbocycles. The summed E-state index contributed by atoms with van der Waals surface area (Å²) in [4.78, 5) is 29.0. The van der Waals surface area contributed by atoms with Gasteiger partial charge in [-0.1, -0.05) is 54.6 Å². The second kappa shape index (κ2) is 9.40. The third-order valence-corrected chi connectivity index (χ3v) is 5.33. The Labute approximate surface area is 182 Å². The maximum atomic E-state index is 13.9. The van der Waals surface area contributed by atoms with Crippen LogP contribution in [-0.4, -0.2) is 17.0 Å². The molecule has 0 spiro atoms. The van der Waals surface area contributed by atoms with E-state index in [9.17, 15) is 14.0 Å². The second-order valence-electron chi connectivity index (χ2n) is 6.57. The molecule has 1 aliphatic heterocycles. The number of amidine groups is 1. The molecule has 1 heterocycles. The highest BCUT2D eigenvalue weighted by atomic mass is 32.2. The number of carbonyl (C=O) groups is 2. The predicted octanol–water partition coefficient (Wildman–Crippen LogP) is 4.81. The Morgan fingerprint density at radius 1 is 1.00 bits per heavy atom. The Bertz CT molecular complexity index is 1190. The van der Waals surface area contributed by atoms with Gasteiger partial charge in [0.1, 0.15) is 18.2 Å². The third kappa shape index (κ3) is 5.07. The van der Waals surface area contributed by atoms with Crippen LogP contribution in [0.25, 0.3) is 6.08 Å². The molecule has 1 N–H and O–H groups in total. The molecule has 1 saturated heterocycles. The van der Waals surface area contributed by atoms with Crippen molar-refractivity contribution in [3.63, 3.8) is 0 Å². The van der Waals surface area contributed by atoms with Gasteiger partial charge in [-0.05, 0) is 42.1 Å². The standard InChI is InChI=1S/C24H17FN2O3S/c25-19-12-6-4-11-18(19)15-30-20-13-7-5-10-17(20)14-21-23(29)27-24(31-21)26-22(28)16-8-2-1-3-9-16/h1-14H,15H2,(H,26,27,28,29)/b21-14-. The average Bonchev–Trinajstić information content (AvgIpc) is 3.13. The number of ether oxygens (including phenoxy) is 1. The molecule has 0 atom stereocenters. The van der Waals surface area contributed by atoms with Crippen LogP contribution in [0.15, 0.2) is 88.8 Å². The first kappa shape index (κ1) is 20.6. The molecular formula is C24H17FN2O3S. The lowest BCUT2D eigenvalue weighted by atomic mass is 10.1. The Morgan fingerprint density at radius 2 is 1.71 bits per heavy atom. The lowest BCUT2D eigenvalue weighted by Gasteiger charge is -2.10. The van der Waals surface area contributed by atoms with Crippen LogP contribution in [0.3, 0.4) is 0 Å². The highest BCUT2D eigenvalue weighted by molar-refractivity contribution is 8.18. The summed E-state index contributed by atoms with van der Waals surface area (Å²) in [6.07, 6.45) is 1.66. The van der Waals surface area contributed by atoms with Gasteiger partial charge in [0.05, 0.1) is 4.91 Å². The minimum absolute atomic E-state index is 0.0600. The van der Waals surface area contributed by atoms with E-state index in [-0.39, 0.29) is 23.5 Å². The zero-order valence-electron chi connectivity index (χ0n) is 16.2. The number of para-hydroxylation sites is 1. The monoisotopic (exact) mass is 432 g/mol. The van der Waals surface area contributed by atoms with E-state index >= 15 is 0 Å². The number of halogens is 1. The first-order valence-corrected chi connectivity index (χ1v) is 10.3. The summed E-state index contributed by atoms with van der Waals surface area (Å²) in [5.74, 6) is -0.614. The molecular weight excluding hydrogens is 415 g/mol. The normalized spacial score (nSPS) is 15.8. The average molecular weight is 432 g/mol. The van der Waals surface area contributed by atoms with Crippen LogP contribution in [0.5, 0.6) is 5.75 Å². The van der Waals surface area contributed by atoms with Crippen molar-refractivity contribution < 1.29 is 18.7 Å². The number of thioether (sulfide) groups is 1. The molecule has 1 fully saturated rings. The molecule has 154 valence electrons. The van der Waals surface area contributed by atoms with Gasteiger partial charge in [0.25, 0.3) is 11.8 Å². The largest absolute Gasteiger partial charge is 0.488 e. The number of rotatable bonds is 5. The summed E-state index contributed by atoms with van der Waals surface area (Å²) in [5, 5.41) is 2.82. The molecule has 5 nitrogen and oxygen atoms in total. The number of hydrogen-bond acceptors (Lipinski definition) is 4. The van der Waals surface area contributed by atoms with Crippen LogP contribution >= 0.6 is 11.8 Å².